The molecule has 0 unspecified atom stereocenters. The number of H-pyrrole nitrogens is 1. The first-order valence-corrected chi connectivity index (χ1v) is 3.93. The zero-order valence-electron chi connectivity index (χ0n) is 6.98. The summed E-state index contributed by atoms with van der Waals surface area (Å²) in [7, 11) is 0. The van der Waals surface area contributed by atoms with Crippen LogP contribution in [0.3, 0.4) is 0 Å². The van der Waals surface area contributed by atoms with Crippen LogP contribution < -0.4 is 5.43 Å². The second kappa shape index (κ2) is 3.37. The Hall–Kier alpha value is -1.05. The summed E-state index contributed by atoms with van der Waals surface area (Å²) < 4.78 is 0. The standard InChI is InChI=1S/C9H13NO/c1-3-4-8-7(2)10-6-5-9(8)11/h5-6H,3-4H2,1-2H3,(H,10,11). The number of aryl methyl sites for hydroxylation is 1. The van der Waals surface area contributed by atoms with Crippen molar-refractivity contribution in [1.29, 1.82) is 0 Å². The zero-order chi connectivity index (χ0) is 8.27. The lowest BCUT2D eigenvalue weighted by Gasteiger charge is -2.00. The summed E-state index contributed by atoms with van der Waals surface area (Å²) in [4.78, 5) is 14.2. The largest absolute Gasteiger partial charge is 0.365 e. The molecule has 0 aliphatic rings. The van der Waals surface area contributed by atoms with Gasteiger partial charge < -0.3 is 4.98 Å². The average Bonchev–Trinajstić information content (AvgIpc) is 1.97. The minimum Gasteiger partial charge on any atom is -0.365 e. The van der Waals surface area contributed by atoms with E-state index in [-0.39, 0.29) is 5.43 Å². The first-order chi connectivity index (χ1) is 5.25. The highest BCUT2D eigenvalue weighted by Crippen LogP contribution is 2.00. The Morgan fingerprint density at radius 3 is 2.82 bits per heavy atom. The van der Waals surface area contributed by atoms with E-state index in [1.165, 1.54) is 0 Å². The number of nitrogens with one attached hydrogen (secondary N) is 1. The Labute approximate surface area is 66.3 Å². The van der Waals surface area contributed by atoms with Crippen molar-refractivity contribution in [2.45, 2.75) is 26.7 Å². The van der Waals surface area contributed by atoms with Crippen LogP contribution in [0.5, 0.6) is 0 Å². The minimum atomic E-state index is 0.156. The summed E-state index contributed by atoms with van der Waals surface area (Å²) in [5, 5.41) is 0. The van der Waals surface area contributed by atoms with Gasteiger partial charge in [-0.3, -0.25) is 4.79 Å². The molecule has 1 aromatic heterocycles. The zero-order valence-corrected chi connectivity index (χ0v) is 6.98. The van der Waals surface area contributed by atoms with Crippen LogP contribution >= 0.6 is 0 Å². The highest BCUT2D eigenvalue weighted by molar-refractivity contribution is 5.18. The van der Waals surface area contributed by atoms with Crippen molar-refractivity contribution in [1.82, 2.24) is 4.98 Å². The molecule has 0 aliphatic heterocycles. The summed E-state index contributed by atoms with van der Waals surface area (Å²) in [6.07, 6.45) is 3.59. The van der Waals surface area contributed by atoms with Gasteiger partial charge in [0.1, 0.15) is 0 Å². The molecule has 2 nitrogen and oxygen atoms in total. The van der Waals surface area contributed by atoms with Crippen LogP contribution in [0, 0.1) is 6.92 Å². The summed E-state index contributed by atoms with van der Waals surface area (Å²) in [5.74, 6) is 0. The fourth-order valence-corrected chi connectivity index (χ4v) is 1.18. The monoisotopic (exact) mass is 151 g/mol. The summed E-state index contributed by atoms with van der Waals surface area (Å²) >= 11 is 0. The second-order valence-corrected chi connectivity index (χ2v) is 2.70. The van der Waals surface area contributed by atoms with E-state index in [1.807, 2.05) is 6.92 Å². The molecule has 0 spiro atoms. The molecular weight excluding hydrogens is 138 g/mol. The third-order valence-corrected chi connectivity index (χ3v) is 1.78. The molecule has 0 atom stereocenters. The Morgan fingerprint density at radius 1 is 1.55 bits per heavy atom. The summed E-state index contributed by atoms with van der Waals surface area (Å²) in [6, 6.07) is 1.58. The predicted molar refractivity (Wildman–Crippen MR) is 45.8 cm³/mol. The highest BCUT2D eigenvalue weighted by Gasteiger charge is 1.99. The maximum Gasteiger partial charge on any atom is 0.184 e. The molecular formula is C9H13NO. The minimum absolute atomic E-state index is 0.156. The molecule has 0 amide bonds. The molecule has 2 heteroatoms. The normalized spacial score (nSPS) is 10.0. The van der Waals surface area contributed by atoms with Crippen LogP contribution in [0.25, 0.3) is 0 Å². The van der Waals surface area contributed by atoms with Crippen molar-refractivity contribution >= 4 is 0 Å². The van der Waals surface area contributed by atoms with E-state index in [0.29, 0.717) is 0 Å². The van der Waals surface area contributed by atoms with Crippen LogP contribution in [0.1, 0.15) is 24.6 Å². The fourth-order valence-electron chi connectivity index (χ4n) is 1.18. The van der Waals surface area contributed by atoms with Gasteiger partial charge in [0.15, 0.2) is 5.43 Å². The summed E-state index contributed by atoms with van der Waals surface area (Å²) in [6.45, 7) is 4.01. The molecule has 0 saturated carbocycles. The first-order valence-electron chi connectivity index (χ1n) is 3.93. The number of rotatable bonds is 2. The Kier molecular flexibility index (Phi) is 2.47. The van der Waals surface area contributed by atoms with Crippen molar-refractivity contribution in [2.75, 3.05) is 0 Å². The van der Waals surface area contributed by atoms with Gasteiger partial charge in [0, 0.05) is 23.5 Å². The molecule has 11 heavy (non-hydrogen) atoms. The SMILES string of the molecule is CCCc1c(C)[nH]ccc1=O. The van der Waals surface area contributed by atoms with E-state index in [4.69, 9.17) is 0 Å². The third-order valence-electron chi connectivity index (χ3n) is 1.78. The summed E-state index contributed by atoms with van der Waals surface area (Å²) in [5.41, 5.74) is 2.08. The van der Waals surface area contributed by atoms with Gasteiger partial charge in [-0.05, 0) is 13.3 Å². The van der Waals surface area contributed by atoms with Gasteiger partial charge in [-0.1, -0.05) is 13.3 Å². The topological polar surface area (TPSA) is 32.9 Å². The predicted octanol–water partition coefficient (Wildman–Crippen LogP) is 1.64. The number of aromatic amines is 1. The molecule has 1 rings (SSSR count). The van der Waals surface area contributed by atoms with Gasteiger partial charge in [0.25, 0.3) is 0 Å². The van der Waals surface area contributed by atoms with Gasteiger partial charge >= 0.3 is 0 Å². The Morgan fingerprint density at radius 2 is 2.27 bits per heavy atom. The lowest BCUT2D eigenvalue weighted by Crippen LogP contribution is -2.10. The van der Waals surface area contributed by atoms with Crippen LogP contribution in [0.2, 0.25) is 0 Å². The van der Waals surface area contributed by atoms with E-state index in [9.17, 15) is 4.79 Å². The van der Waals surface area contributed by atoms with E-state index < -0.39 is 0 Å². The van der Waals surface area contributed by atoms with Crippen LogP contribution in [-0.4, -0.2) is 4.98 Å². The second-order valence-electron chi connectivity index (χ2n) is 2.70. The van der Waals surface area contributed by atoms with Crippen molar-refractivity contribution < 1.29 is 0 Å². The van der Waals surface area contributed by atoms with Crippen molar-refractivity contribution in [3.8, 4) is 0 Å². The van der Waals surface area contributed by atoms with E-state index in [1.54, 1.807) is 12.3 Å². The van der Waals surface area contributed by atoms with Crippen LogP contribution in [0.4, 0.5) is 0 Å². The quantitative estimate of drug-likeness (QED) is 0.684. The Bertz CT molecular complexity index is 288. The lowest BCUT2D eigenvalue weighted by atomic mass is 10.1. The van der Waals surface area contributed by atoms with Gasteiger partial charge in [0.2, 0.25) is 0 Å². The number of hydrogen-bond acceptors (Lipinski definition) is 1. The van der Waals surface area contributed by atoms with Gasteiger partial charge in [-0.2, -0.15) is 0 Å². The van der Waals surface area contributed by atoms with E-state index in [2.05, 4.69) is 11.9 Å². The average molecular weight is 151 g/mol. The van der Waals surface area contributed by atoms with Crippen LogP contribution in [-0.2, 0) is 6.42 Å². The van der Waals surface area contributed by atoms with E-state index in [0.717, 1.165) is 24.1 Å². The first kappa shape index (κ1) is 8.05. The van der Waals surface area contributed by atoms with Crippen molar-refractivity contribution in [3.63, 3.8) is 0 Å². The molecule has 0 aliphatic carbocycles. The smallest absolute Gasteiger partial charge is 0.184 e. The van der Waals surface area contributed by atoms with Crippen molar-refractivity contribution in [3.05, 3.63) is 33.7 Å². The molecule has 1 N–H and O–H groups in total. The number of pyridine rings is 1. The number of aromatic nitrogens is 1. The third kappa shape index (κ3) is 1.70. The van der Waals surface area contributed by atoms with Gasteiger partial charge in [-0.25, -0.2) is 0 Å². The molecule has 0 radical (unpaired) electrons. The highest BCUT2D eigenvalue weighted by atomic mass is 16.1. The molecule has 0 bridgehead atoms. The van der Waals surface area contributed by atoms with Crippen molar-refractivity contribution in [2.24, 2.45) is 0 Å². The fraction of sp³-hybridized carbons (Fsp3) is 0.444. The number of hydrogen-bond donors (Lipinski definition) is 1. The molecule has 60 valence electrons. The van der Waals surface area contributed by atoms with E-state index >= 15 is 0 Å². The Balaban J connectivity index is 3.10. The molecule has 1 heterocycles. The molecule has 0 saturated heterocycles. The maximum absolute atomic E-state index is 11.2. The van der Waals surface area contributed by atoms with Gasteiger partial charge in [-0.15, -0.1) is 0 Å². The maximum atomic E-state index is 11.2. The molecule has 1 aromatic rings. The van der Waals surface area contributed by atoms with Crippen LogP contribution in [0.15, 0.2) is 17.1 Å². The van der Waals surface area contributed by atoms with Gasteiger partial charge in [0.05, 0.1) is 0 Å². The lowest BCUT2D eigenvalue weighted by molar-refractivity contribution is 0.889. The molecule has 0 fully saturated rings. The molecule has 0 aromatic carbocycles.